The van der Waals surface area contributed by atoms with Crippen molar-refractivity contribution >= 4 is 12.4 Å². The van der Waals surface area contributed by atoms with Crippen molar-refractivity contribution in [2.24, 2.45) is 11.8 Å². The average molecular weight is 387 g/mol. The Labute approximate surface area is 157 Å². The predicted octanol–water partition coefficient (Wildman–Crippen LogP) is 4.88. The molecule has 2 aromatic rings. The third-order valence-corrected chi connectivity index (χ3v) is 4.62. The molecule has 7 heteroatoms. The summed E-state index contributed by atoms with van der Waals surface area (Å²) < 4.78 is 42.2. The minimum Gasteiger partial charge on any atom is -0.406 e. The van der Waals surface area contributed by atoms with Crippen molar-refractivity contribution in [2.75, 3.05) is 6.54 Å². The summed E-state index contributed by atoms with van der Waals surface area (Å²) in [5.74, 6) is 6.21. The summed E-state index contributed by atoms with van der Waals surface area (Å²) >= 11 is 0. The summed E-state index contributed by atoms with van der Waals surface area (Å²) in [5.41, 5.74) is 1.64. The summed E-state index contributed by atoms with van der Waals surface area (Å²) in [4.78, 5) is 0. The summed E-state index contributed by atoms with van der Waals surface area (Å²) in [5, 5.41) is 1.80. The Morgan fingerprint density at radius 2 is 1.69 bits per heavy atom. The van der Waals surface area contributed by atoms with Gasteiger partial charge in [-0.25, -0.2) is 5.01 Å². The molecule has 2 atom stereocenters. The summed E-state index contributed by atoms with van der Waals surface area (Å²) in [6, 6.07) is 16.2. The van der Waals surface area contributed by atoms with Gasteiger partial charge in [0.15, 0.2) is 0 Å². The molecule has 1 heterocycles. The van der Waals surface area contributed by atoms with Gasteiger partial charge in [-0.3, -0.25) is 5.84 Å². The Balaban J connectivity index is 0.00000243. The molecule has 0 amide bonds. The van der Waals surface area contributed by atoms with Gasteiger partial charge >= 0.3 is 6.36 Å². The molecule has 1 aliphatic heterocycles. The molecule has 3 rings (SSSR count). The largest absolute Gasteiger partial charge is 0.573 e. The molecule has 26 heavy (non-hydrogen) atoms. The van der Waals surface area contributed by atoms with Crippen molar-refractivity contribution in [1.29, 1.82) is 0 Å². The van der Waals surface area contributed by atoms with Gasteiger partial charge in [-0.1, -0.05) is 48.5 Å². The molecule has 3 nitrogen and oxygen atoms in total. The highest BCUT2D eigenvalue weighted by Gasteiger charge is 2.34. The first-order valence-electron chi connectivity index (χ1n) is 8.34. The lowest BCUT2D eigenvalue weighted by Gasteiger charge is -2.39. The molecule has 1 fully saturated rings. The van der Waals surface area contributed by atoms with E-state index in [-0.39, 0.29) is 30.1 Å². The van der Waals surface area contributed by atoms with Gasteiger partial charge in [0.1, 0.15) is 5.75 Å². The van der Waals surface area contributed by atoms with Gasteiger partial charge in [-0.15, -0.1) is 25.6 Å². The second-order valence-electron chi connectivity index (χ2n) is 6.36. The van der Waals surface area contributed by atoms with E-state index >= 15 is 0 Å². The lowest BCUT2D eigenvalue weighted by Crippen LogP contribution is -2.44. The molecule has 1 saturated heterocycles. The minimum absolute atomic E-state index is 0. The second kappa shape index (κ2) is 8.75. The lowest BCUT2D eigenvalue weighted by molar-refractivity contribution is -0.274. The number of nitrogens with two attached hydrogens (primary N) is 1. The normalized spacial score (nSPS) is 21.1. The highest BCUT2D eigenvalue weighted by Crippen LogP contribution is 2.38. The van der Waals surface area contributed by atoms with Gasteiger partial charge in [0.25, 0.3) is 0 Å². The smallest absolute Gasteiger partial charge is 0.406 e. The van der Waals surface area contributed by atoms with Crippen LogP contribution in [0.25, 0.3) is 0 Å². The van der Waals surface area contributed by atoms with E-state index in [0.717, 1.165) is 24.9 Å². The topological polar surface area (TPSA) is 38.5 Å². The summed E-state index contributed by atoms with van der Waals surface area (Å²) in [7, 11) is 0. The van der Waals surface area contributed by atoms with Crippen LogP contribution in [0, 0.1) is 5.92 Å². The molecule has 0 radical (unpaired) electrons. The third-order valence-electron chi connectivity index (χ3n) is 4.62. The Morgan fingerprint density at radius 3 is 2.38 bits per heavy atom. The Hall–Kier alpha value is -1.76. The maximum atomic E-state index is 12.7. The Morgan fingerprint density at radius 1 is 1.04 bits per heavy atom. The standard InChI is InChI=1S/C19H21F3N2O.ClH/c20-19(21,22)25-17-11-5-4-9-15(17)13-16-10-6-12-24(23)18(16)14-7-2-1-3-8-14;/h1-5,7-9,11,16,18H,6,10,12-13,23H2;1H/t16-,18+;/m0./s1. The minimum atomic E-state index is -4.69. The van der Waals surface area contributed by atoms with Gasteiger partial charge in [0.2, 0.25) is 0 Å². The number of ether oxygens (including phenoxy) is 1. The van der Waals surface area contributed by atoms with Crippen LogP contribution in [0.3, 0.4) is 0 Å². The van der Waals surface area contributed by atoms with Crippen LogP contribution < -0.4 is 10.6 Å². The van der Waals surface area contributed by atoms with E-state index in [1.807, 2.05) is 30.3 Å². The number of hydrogen-bond acceptors (Lipinski definition) is 3. The maximum Gasteiger partial charge on any atom is 0.573 e. The molecule has 0 bridgehead atoms. The molecule has 0 unspecified atom stereocenters. The van der Waals surface area contributed by atoms with Crippen molar-refractivity contribution in [1.82, 2.24) is 5.01 Å². The van der Waals surface area contributed by atoms with Crippen LogP contribution in [0.15, 0.2) is 54.6 Å². The van der Waals surface area contributed by atoms with Crippen molar-refractivity contribution < 1.29 is 17.9 Å². The van der Waals surface area contributed by atoms with Crippen molar-refractivity contribution in [3.8, 4) is 5.75 Å². The molecule has 0 spiro atoms. The van der Waals surface area contributed by atoms with E-state index < -0.39 is 6.36 Å². The van der Waals surface area contributed by atoms with Crippen molar-refractivity contribution in [3.05, 3.63) is 65.7 Å². The Kier molecular flexibility index (Phi) is 6.92. The third kappa shape index (κ3) is 5.13. The van der Waals surface area contributed by atoms with E-state index in [4.69, 9.17) is 5.84 Å². The maximum absolute atomic E-state index is 12.7. The molecular weight excluding hydrogens is 365 g/mol. The lowest BCUT2D eigenvalue weighted by atomic mass is 9.81. The predicted molar refractivity (Wildman–Crippen MR) is 96.9 cm³/mol. The SMILES string of the molecule is Cl.NN1CCC[C@@H](Cc2ccccc2OC(F)(F)F)[C@H]1c1ccccc1. The second-order valence-corrected chi connectivity index (χ2v) is 6.36. The van der Waals surface area contributed by atoms with Gasteiger partial charge < -0.3 is 4.74 Å². The number of hydrogen-bond donors (Lipinski definition) is 1. The molecule has 2 N–H and O–H groups in total. The van der Waals surface area contributed by atoms with Crippen LogP contribution in [0.4, 0.5) is 13.2 Å². The van der Waals surface area contributed by atoms with E-state index in [0.29, 0.717) is 12.0 Å². The van der Waals surface area contributed by atoms with Crippen molar-refractivity contribution in [2.45, 2.75) is 31.7 Å². The van der Waals surface area contributed by atoms with Gasteiger partial charge in [-0.2, -0.15) is 0 Å². The first kappa shape index (κ1) is 20.6. The average Bonchev–Trinajstić information content (AvgIpc) is 2.56. The molecule has 1 aliphatic rings. The van der Waals surface area contributed by atoms with Crippen LogP contribution in [-0.2, 0) is 6.42 Å². The monoisotopic (exact) mass is 386 g/mol. The van der Waals surface area contributed by atoms with E-state index in [2.05, 4.69) is 4.74 Å². The van der Waals surface area contributed by atoms with Gasteiger partial charge in [-0.05, 0) is 42.4 Å². The number of benzene rings is 2. The number of hydrazine groups is 1. The van der Waals surface area contributed by atoms with Gasteiger partial charge in [0, 0.05) is 6.54 Å². The molecule has 0 aliphatic carbocycles. The number of halogens is 4. The number of para-hydroxylation sites is 1. The number of piperidine rings is 1. The zero-order chi connectivity index (χ0) is 17.9. The van der Waals surface area contributed by atoms with Crippen LogP contribution in [-0.4, -0.2) is 17.9 Å². The quantitative estimate of drug-likeness (QED) is 0.761. The summed E-state index contributed by atoms with van der Waals surface area (Å²) in [6.07, 6.45) is -2.37. The summed E-state index contributed by atoms with van der Waals surface area (Å²) in [6.45, 7) is 0.775. The molecule has 0 aromatic heterocycles. The zero-order valence-electron chi connectivity index (χ0n) is 14.2. The Bertz CT molecular complexity index is 697. The van der Waals surface area contributed by atoms with E-state index in [1.54, 1.807) is 23.2 Å². The van der Waals surface area contributed by atoms with E-state index in [1.165, 1.54) is 6.07 Å². The van der Waals surface area contributed by atoms with Crippen LogP contribution in [0.1, 0.15) is 30.0 Å². The fourth-order valence-electron chi connectivity index (χ4n) is 3.61. The van der Waals surface area contributed by atoms with Crippen LogP contribution in [0.2, 0.25) is 0 Å². The first-order valence-corrected chi connectivity index (χ1v) is 8.34. The number of alkyl halides is 3. The molecular formula is C19H22ClF3N2O. The fraction of sp³-hybridized carbons (Fsp3) is 0.368. The molecule has 2 aromatic carbocycles. The number of nitrogens with zero attached hydrogens (tertiary/aromatic N) is 1. The number of rotatable bonds is 4. The fourth-order valence-corrected chi connectivity index (χ4v) is 3.61. The first-order chi connectivity index (χ1) is 11.9. The van der Waals surface area contributed by atoms with E-state index in [9.17, 15) is 13.2 Å². The molecule has 0 saturated carbocycles. The molecule has 142 valence electrons. The highest BCUT2D eigenvalue weighted by atomic mass is 35.5. The van der Waals surface area contributed by atoms with Gasteiger partial charge in [0.05, 0.1) is 6.04 Å². The van der Waals surface area contributed by atoms with Crippen LogP contribution >= 0.6 is 12.4 Å². The van der Waals surface area contributed by atoms with Crippen molar-refractivity contribution in [3.63, 3.8) is 0 Å². The van der Waals surface area contributed by atoms with Crippen LogP contribution in [0.5, 0.6) is 5.75 Å². The zero-order valence-corrected chi connectivity index (χ0v) is 15.0. The highest BCUT2D eigenvalue weighted by molar-refractivity contribution is 5.85.